The second kappa shape index (κ2) is 8.25. The standard InChI is InChI=1S/C22H22N10OS/c1-2-14-12-23-18(24-13-14)15-4-9-32(10-5-15)21-25-16-6-11-34(33)17(16)19(26-21)27-22(7-3-8-22)20-28-30-31-29-20/h1,4,12-13H,3,5-11H2,(H,25,26,27)(H,28,29,30,31)/t34-/m1/s1. The van der Waals surface area contributed by atoms with Gasteiger partial charge in [0, 0.05) is 37.7 Å². The van der Waals surface area contributed by atoms with Crippen molar-refractivity contribution in [1.82, 2.24) is 40.6 Å². The fraction of sp³-hybridized carbons (Fsp3) is 0.409. The molecule has 0 amide bonds. The molecule has 0 bridgehead atoms. The van der Waals surface area contributed by atoms with E-state index in [1.54, 1.807) is 12.4 Å². The van der Waals surface area contributed by atoms with Crippen molar-refractivity contribution >= 4 is 28.1 Å². The number of anilines is 2. The molecule has 3 aromatic rings. The number of nitrogens with one attached hydrogen (secondary N) is 2. The molecule has 1 saturated carbocycles. The van der Waals surface area contributed by atoms with Gasteiger partial charge in [0.05, 0.1) is 22.1 Å². The van der Waals surface area contributed by atoms with Gasteiger partial charge < -0.3 is 10.2 Å². The summed E-state index contributed by atoms with van der Waals surface area (Å²) in [5.74, 6) is 5.64. The molecule has 0 aromatic carbocycles. The zero-order chi connectivity index (χ0) is 23.1. The average molecular weight is 475 g/mol. The quantitative estimate of drug-likeness (QED) is 0.519. The van der Waals surface area contributed by atoms with Crippen molar-refractivity contribution in [1.29, 1.82) is 0 Å². The Labute approximate surface area is 198 Å². The van der Waals surface area contributed by atoms with Crippen LogP contribution in [0.5, 0.6) is 0 Å². The third kappa shape index (κ3) is 3.52. The van der Waals surface area contributed by atoms with Crippen LogP contribution in [0.3, 0.4) is 0 Å². The summed E-state index contributed by atoms with van der Waals surface area (Å²) < 4.78 is 12.8. The summed E-state index contributed by atoms with van der Waals surface area (Å²) >= 11 is 0. The molecule has 6 rings (SSSR count). The van der Waals surface area contributed by atoms with E-state index in [2.05, 4.69) is 52.8 Å². The summed E-state index contributed by atoms with van der Waals surface area (Å²) in [6.07, 6.45) is 15.0. The maximum absolute atomic E-state index is 12.8. The number of H-pyrrole nitrogens is 1. The van der Waals surface area contributed by atoms with Gasteiger partial charge in [0.25, 0.3) is 0 Å². The van der Waals surface area contributed by atoms with E-state index >= 15 is 0 Å². The lowest BCUT2D eigenvalue weighted by atomic mass is 9.76. The summed E-state index contributed by atoms with van der Waals surface area (Å²) in [7, 11) is -1.13. The summed E-state index contributed by atoms with van der Waals surface area (Å²) in [5.41, 5.74) is 2.13. The van der Waals surface area contributed by atoms with Crippen LogP contribution in [0.15, 0.2) is 23.4 Å². The largest absolute Gasteiger partial charge is 0.356 e. The minimum Gasteiger partial charge on any atom is -0.356 e. The Morgan fingerprint density at radius 3 is 2.71 bits per heavy atom. The van der Waals surface area contributed by atoms with Crippen LogP contribution in [-0.2, 0) is 22.8 Å². The molecule has 3 aromatic heterocycles. The molecule has 5 heterocycles. The highest BCUT2D eigenvalue weighted by molar-refractivity contribution is 7.85. The molecule has 11 nitrogen and oxygen atoms in total. The molecule has 1 aliphatic carbocycles. The first kappa shape index (κ1) is 20.9. The molecule has 34 heavy (non-hydrogen) atoms. The van der Waals surface area contributed by atoms with Crippen molar-refractivity contribution in [3.05, 3.63) is 41.4 Å². The fourth-order valence-corrected chi connectivity index (χ4v) is 5.86. The van der Waals surface area contributed by atoms with Gasteiger partial charge in [-0.1, -0.05) is 17.2 Å². The monoisotopic (exact) mass is 474 g/mol. The number of aryl methyl sites for hydroxylation is 1. The first-order chi connectivity index (χ1) is 16.6. The van der Waals surface area contributed by atoms with Crippen LogP contribution in [0.25, 0.3) is 5.57 Å². The topological polar surface area (TPSA) is 138 Å². The summed E-state index contributed by atoms with van der Waals surface area (Å²) in [6.45, 7) is 1.36. The predicted octanol–water partition coefficient (Wildman–Crippen LogP) is 1.21. The Kier molecular flexibility index (Phi) is 5.06. The molecule has 0 unspecified atom stereocenters. The average Bonchev–Trinajstić information content (AvgIpc) is 3.52. The zero-order valence-corrected chi connectivity index (χ0v) is 19.2. The van der Waals surface area contributed by atoms with Gasteiger partial charge >= 0.3 is 0 Å². The van der Waals surface area contributed by atoms with Crippen LogP contribution in [0.4, 0.5) is 11.8 Å². The van der Waals surface area contributed by atoms with Gasteiger partial charge in [-0.25, -0.2) is 15.0 Å². The Bertz CT molecular complexity index is 1320. The number of hydrogen-bond donors (Lipinski definition) is 2. The normalized spacial score (nSPS) is 20.7. The van der Waals surface area contributed by atoms with Crippen LogP contribution in [0.2, 0.25) is 0 Å². The molecular formula is C22H22N10OS. The Morgan fingerprint density at radius 2 is 2.06 bits per heavy atom. The first-order valence-electron chi connectivity index (χ1n) is 11.2. The second-order valence-corrected chi connectivity index (χ2v) is 10.1. The molecule has 0 saturated heterocycles. The number of aromatic amines is 1. The molecule has 2 N–H and O–H groups in total. The fourth-order valence-electron chi connectivity index (χ4n) is 4.56. The molecule has 0 spiro atoms. The van der Waals surface area contributed by atoms with E-state index in [0.717, 1.165) is 43.5 Å². The maximum Gasteiger partial charge on any atom is 0.227 e. The van der Waals surface area contributed by atoms with Crippen molar-refractivity contribution < 1.29 is 4.21 Å². The maximum atomic E-state index is 12.8. The van der Waals surface area contributed by atoms with Gasteiger partial charge in [-0.3, -0.25) is 4.21 Å². The number of aromatic nitrogens is 8. The van der Waals surface area contributed by atoms with Crippen LogP contribution in [0, 0.1) is 12.3 Å². The number of hydrogen-bond acceptors (Lipinski definition) is 10. The number of fused-ring (bicyclic) bond motifs is 1. The number of nitrogens with zero attached hydrogens (tertiary/aromatic N) is 8. The summed E-state index contributed by atoms with van der Waals surface area (Å²) in [4.78, 5) is 21.2. The Balaban J connectivity index is 1.29. The number of tetrazole rings is 1. The molecule has 0 radical (unpaired) electrons. The van der Waals surface area contributed by atoms with E-state index < -0.39 is 16.3 Å². The first-order valence-corrected chi connectivity index (χ1v) is 12.5. The highest BCUT2D eigenvalue weighted by Crippen LogP contribution is 2.44. The van der Waals surface area contributed by atoms with Crippen molar-refractivity contribution in [2.75, 3.05) is 29.1 Å². The van der Waals surface area contributed by atoms with Crippen molar-refractivity contribution in [3.63, 3.8) is 0 Å². The van der Waals surface area contributed by atoms with Gasteiger partial charge in [0.2, 0.25) is 5.95 Å². The van der Waals surface area contributed by atoms with Crippen LogP contribution >= 0.6 is 0 Å². The SMILES string of the molecule is C#Cc1cnc(C2=CCN(c3nc4c(c(NC5(c6nn[nH]n6)CCC5)n3)[S@](=O)CC4)CC2)nc1. The van der Waals surface area contributed by atoms with Gasteiger partial charge in [-0.15, -0.1) is 16.6 Å². The molecule has 172 valence electrons. The van der Waals surface area contributed by atoms with E-state index in [-0.39, 0.29) is 0 Å². The molecule has 1 atom stereocenters. The van der Waals surface area contributed by atoms with E-state index in [1.165, 1.54) is 0 Å². The predicted molar refractivity (Wildman–Crippen MR) is 125 cm³/mol. The van der Waals surface area contributed by atoms with Crippen LogP contribution in [-0.4, -0.2) is 63.6 Å². The lowest BCUT2D eigenvalue weighted by molar-refractivity contribution is 0.267. The molecular weight excluding hydrogens is 452 g/mol. The highest BCUT2D eigenvalue weighted by Gasteiger charge is 2.44. The summed E-state index contributed by atoms with van der Waals surface area (Å²) in [5, 5.41) is 18.2. The Morgan fingerprint density at radius 1 is 1.21 bits per heavy atom. The molecule has 1 fully saturated rings. The number of terminal acetylenes is 1. The third-order valence-electron chi connectivity index (χ3n) is 6.61. The number of rotatable bonds is 5. The van der Waals surface area contributed by atoms with E-state index in [9.17, 15) is 4.21 Å². The zero-order valence-electron chi connectivity index (χ0n) is 18.4. The summed E-state index contributed by atoms with van der Waals surface area (Å²) in [6, 6.07) is 0. The van der Waals surface area contributed by atoms with Crippen molar-refractivity contribution in [2.24, 2.45) is 0 Å². The van der Waals surface area contributed by atoms with E-state index in [1.807, 2.05) is 0 Å². The van der Waals surface area contributed by atoms with E-state index in [4.69, 9.17) is 16.4 Å². The van der Waals surface area contributed by atoms with Crippen molar-refractivity contribution in [3.8, 4) is 12.3 Å². The van der Waals surface area contributed by atoms with Crippen molar-refractivity contribution in [2.45, 2.75) is 42.5 Å². The van der Waals surface area contributed by atoms with E-state index in [0.29, 0.717) is 52.6 Å². The second-order valence-electron chi connectivity index (χ2n) is 8.61. The third-order valence-corrected chi connectivity index (χ3v) is 8.07. The Hall–Kier alpha value is -3.72. The van der Waals surface area contributed by atoms with Gasteiger partial charge in [0.15, 0.2) is 11.6 Å². The molecule has 12 heteroatoms. The molecule has 2 aliphatic heterocycles. The van der Waals surface area contributed by atoms with Gasteiger partial charge in [-0.2, -0.15) is 10.2 Å². The van der Waals surface area contributed by atoms with Gasteiger partial charge in [0.1, 0.15) is 16.3 Å². The smallest absolute Gasteiger partial charge is 0.227 e. The van der Waals surface area contributed by atoms with Gasteiger partial charge in [-0.05, 0) is 31.3 Å². The van der Waals surface area contributed by atoms with Crippen LogP contribution < -0.4 is 10.2 Å². The minimum absolute atomic E-state index is 0.448. The lowest BCUT2D eigenvalue weighted by Gasteiger charge is -2.40. The highest BCUT2D eigenvalue weighted by atomic mass is 32.2. The lowest BCUT2D eigenvalue weighted by Crippen LogP contribution is -2.44. The van der Waals surface area contributed by atoms with Crippen LogP contribution in [0.1, 0.15) is 48.6 Å². The molecule has 3 aliphatic rings. The minimum atomic E-state index is -1.13.